The number of rotatable bonds is 4. The van der Waals surface area contributed by atoms with Gasteiger partial charge in [-0.15, -0.1) is 10.2 Å². The maximum atomic E-state index is 13.3. The number of aromatic nitrogens is 2. The number of piperazine rings is 1. The largest absolute Gasteiger partial charge is 0.353 e. The lowest BCUT2D eigenvalue weighted by atomic mass is 9.54. The van der Waals surface area contributed by atoms with Gasteiger partial charge in [0, 0.05) is 32.2 Å². The molecule has 0 unspecified atom stereocenters. The minimum Gasteiger partial charge on any atom is -0.353 e. The molecule has 4 bridgehead atoms. The Morgan fingerprint density at radius 1 is 1.00 bits per heavy atom. The molecule has 1 saturated heterocycles. The van der Waals surface area contributed by atoms with E-state index in [0.29, 0.717) is 23.6 Å². The second kappa shape index (κ2) is 7.53. The van der Waals surface area contributed by atoms with Gasteiger partial charge in [0.25, 0.3) is 5.91 Å². The van der Waals surface area contributed by atoms with E-state index in [-0.39, 0.29) is 11.8 Å². The first-order valence-corrected chi connectivity index (χ1v) is 11.6. The molecule has 6 nitrogen and oxygen atoms in total. The average Bonchev–Trinajstić information content (AvgIpc) is 2.70. The van der Waals surface area contributed by atoms with Crippen LogP contribution in [0.1, 0.15) is 67.9 Å². The minimum absolute atomic E-state index is 0.0106. The minimum atomic E-state index is -0.0106. The van der Waals surface area contributed by atoms with Crippen molar-refractivity contribution in [3.05, 3.63) is 17.3 Å². The van der Waals surface area contributed by atoms with Gasteiger partial charge in [-0.2, -0.15) is 0 Å². The van der Waals surface area contributed by atoms with Crippen LogP contribution in [0.2, 0.25) is 0 Å². The van der Waals surface area contributed by atoms with Crippen molar-refractivity contribution < 1.29 is 4.79 Å². The Morgan fingerprint density at radius 2 is 1.62 bits per heavy atom. The summed E-state index contributed by atoms with van der Waals surface area (Å²) in [5, 5.41) is 12.3. The van der Waals surface area contributed by atoms with Crippen molar-refractivity contribution in [2.24, 2.45) is 23.7 Å². The van der Waals surface area contributed by atoms with Gasteiger partial charge < -0.3 is 15.1 Å². The molecule has 2 heterocycles. The Bertz CT molecular complexity index is 743. The molecule has 0 aromatic carbocycles. The van der Waals surface area contributed by atoms with Gasteiger partial charge in [-0.05, 0) is 80.4 Å². The Balaban J connectivity index is 1.34. The molecule has 4 saturated carbocycles. The lowest BCUT2D eigenvalue weighted by molar-refractivity contribution is -0.0120. The van der Waals surface area contributed by atoms with Crippen molar-refractivity contribution in [2.45, 2.75) is 57.9 Å². The summed E-state index contributed by atoms with van der Waals surface area (Å²) in [6, 6.07) is 2.45. The van der Waals surface area contributed by atoms with Gasteiger partial charge in [-0.25, -0.2) is 0 Å². The van der Waals surface area contributed by atoms with Crippen LogP contribution in [0.25, 0.3) is 0 Å². The quantitative estimate of drug-likeness (QED) is 0.846. The molecule has 6 heteroatoms. The monoisotopic (exact) mass is 397 g/mol. The SMILES string of the molecule is CC(C)c1cc(N2CCN(C)CC2)nnc1C(=O)NC1C2CC3CC(C2)CC1C3. The number of hydrogen-bond acceptors (Lipinski definition) is 5. The average molecular weight is 398 g/mol. The highest BCUT2D eigenvalue weighted by atomic mass is 16.2. The highest BCUT2D eigenvalue weighted by Crippen LogP contribution is 2.53. The third kappa shape index (κ3) is 3.65. The summed E-state index contributed by atoms with van der Waals surface area (Å²) in [6.45, 7) is 8.28. The standard InChI is InChI=1S/C23H35N5O/c1-14(2)19-13-20(28-6-4-27(3)5-7-28)25-26-22(19)23(29)24-21-17-9-15-8-16(11-17)12-18(21)10-15/h13-18,21H,4-12H2,1-3H3,(H,24,29). The zero-order valence-corrected chi connectivity index (χ0v) is 18.1. The molecule has 158 valence electrons. The van der Waals surface area contributed by atoms with E-state index in [0.717, 1.165) is 49.4 Å². The highest BCUT2D eigenvalue weighted by Gasteiger charge is 2.48. The van der Waals surface area contributed by atoms with Crippen LogP contribution in [0, 0.1) is 23.7 Å². The van der Waals surface area contributed by atoms with E-state index in [1.165, 1.54) is 32.1 Å². The normalized spacial score (nSPS) is 34.1. The molecular formula is C23H35N5O. The molecule has 1 aromatic rings. The zero-order chi connectivity index (χ0) is 20.1. The van der Waals surface area contributed by atoms with Gasteiger partial charge >= 0.3 is 0 Å². The molecular weight excluding hydrogens is 362 g/mol. The van der Waals surface area contributed by atoms with Gasteiger partial charge in [0.1, 0.15) is 0 Å². The second-order valence-electron chi connectivity index (χ2n) is 10.4. The molecule has 1 aromatic heterocycles. The van der Waals surface area contributed by atoms with Crippen molar-refractivity contribution in [1.82, 2.24) is 20.4 Å². The van der Waals surface area contributed by atoms with Crippen LogP contribution in [0.15, 0.2) is 6.07 Å². The Hall–Kier alpha value is -1.69. The number of hydrogen-bond donors (Lipinski definition) is 1. The van der Waals surface area contributed by atoms with Crippen LogP contribution in [0.4, 0.5) is 5.82 Å². The van der Waals surface area contributed by atoms with Crippen LogP contribution in [0.5, 0.6) is 0 Å². The fourth-order valence-electron chi connectivity index (χ4n) is 6.58. The molecule has 5 aliphatic rings. The molecule has 29 heavy (non-hydrogen) atoms. The lowest BCUT2D eigenvalue weighted by Gasteiger charge is -2.54. The fourth-order valence-corrected chi connectivity index (χ4v) is 6.58. The van der Waals surface area contributed by atoms with E-state index in [4.69, 9.17) is 0 Å². The maximum Gasteiger partial charge on any atom is 0.272 e. The number of likely N-dealkylation sites (N-methyl/N-ethyl adjacent to an activating group) is 1. The summed E-state index contributed by atoms with van der Waals surface area (Å²) >= 11 is 0. The molecule has 4 aliphatic carbocycles. The first-order valence-electron chi connectivity index (χ1n) is 11.6. The first-order chi connectivity index (χ1) is 14.0. The summed E-state index contributed by atoms with van der Waals surface area (Å²) in [6.07, 6.45) is 6.67. The van der Waals surface area contributed by atoms with Gasteiger partial charge in [0.15, 0.2) is 11.5 Å². The predicted molar refractivity (Wildman–Crippen MR) is 114 cm³/mol. The maximum absolute atomic E-state index is 13.3. The van der Waals surface area contributed by atoms with Crippen LogP contribution in [-0.4, -0.2) is 60.3 Å². The molecule has 6 rings (SSSR count). The van der Waals surface area contributed by atoms with E-state index < -0.39 is 0 Å². The van der Waals surface area contributed by atoms with E-state index in [1.807, 2.05) is 0 Å². The third-order valence-corrected chi connectivity index (χ3v) is 8.00. The van der Waals surface area contributed by atoms with Gasteiger partial charge in [-0.3, -0.25) is 4.79 Å². The number of nitrogens with one attached hydrogen (secondary N) is 1. The Kier molecular flexibility index (Phi) is 5.01. The molecule has 0 atom stereocenters. The lowest BCUT2D eigenvalue weighted by Crippen LogP contribution is -2.56. The number of carbonyl (C=O) groups is 1. The number of nitrogens with zero attached hydrogens (tertiary/aromatic N) is 4. The summed E-state index contributed by atoms with van der Waals surface area (Å²) in [7, 11) is 2.15. The van der Waals surface area contributed by atoms with Crippen molar-refractivity contribution in [2.75, 3.05) is 38.1 Å². The van der Waals surface area contributed by atoms with E-state index in [9.17, 15) is 4.79 Å². The van der Waals surface area contributed by atoms with Crippen molar-refractivity contribution in [3.8, 4) is 0 Å². The second-order valence-corrected chi connectivity index (χ2v) is 10.4. The molecule has 5 fully saturated rings. The first kappa shape index (κ1) is 19.3. The van der Waals surface area contributed by atoms with Gasteiger partial charge in [0.2, 0.25) is 0 Å². The summed E-state index contributed by atoms with van der Waals surface area (Å²) < 4.78 is 0. The van der Waals surface area contributed by atoms with E-state index in [2.05, 4.69) is 52.3 Å². The number of anilines is 1. The predicted octanol–water partition coefficient (Wildman–Crippen LogP) is 2.91. The molecule has 0 spiro atoms. The van der Waals surface area contributed by atoms with E-state index >= 15 is 0 Å². The molecule has 1 amide bonds. The van der Waals surface area contributed by atoms with Crippen molar-refractivity contribution in [1.29, 1.82) is 0 Å². The van der Waals surface area contributed by atoms with Crippen LogP contribution in [-0.2, 0) is 0 Å². The molecule has 1 N–H and O–H groups in total. The Morgan fingerprint density at radius 3 is 2.21 bits per heavy atom. The van der Waals surface area contributed by atoms with Crippen molar-refractivity contribution in [3.63, 3.8) is 0 Å². The number of amides is 1. The molecule has 0 radical (unpaired) electrons. The summed E-state index contributed by atoms with van der Waals surface area (Å²) in [4.78, 5) is 17.9. The van der Waals surface area contributed by atoms with Gasteiger partial charge in [0.05, 0.1) is 0 Å². The smallest absolute Gasteiger partial charge is 0.272 e. The van der Waals surface area contributed by atoms with Crippen LogP contribution >= 0.6 is 0 Å². The summed E-state index contributed by atoms with van der Waals surface area (Å²) in [5.74, 6) is 4.33. The number of carbonyl (C=O) groups excluding carboxylic acids is 1. The van der Waals surface area contributed by atoms with Crippen LogP contribution in [0.3, 0.4) is 0 Å². The highest BCUT2D eigenvalue weighted by molar-refractivity contribution is 5.94. The molecule has 1 aliphatic heterocycles. The fraction of sp³-hybridized carbons (Fsp3) is 0.783. The summed E-state index contributed by atoms with van der Waals surface area (Å²) in [5.41, 5.74) is 1.56. The van der Waals surface area contributed by atoms with Crippen LogP contribution < -0.4 is 10.2 Å². The van der Waals surface area contributed by atoms with Gasteiger partial charge in [-0.1, -0.05) is 13.8 Å². The third-order valence-electron chi connectivity index (χ3n) is 8.00. The topological polar surface area (TPSA) is 61.4 Å². The van der Waals surface area contributed by atoms with E-state index in [1.54, 1.807) is 0 Å². The zero-order valence-electron chi connectivity index (χ0n) is 18.1. The van der Waals surface area contributed by atoms with Crippen molar-refractivity contribution >= 4 is 11.7 Å². The Labute approximate surface area is 174 Å².